The van der Waals surface area contributed by atoms with Crippen LogP contribution in [0.3, 0.4) is 0 Å². The van der Waals surface area contributed by atoms with E-state index in [0.29, 0.717) is 0 Å². The molecule has 0 radical (unpaired) electrons. The van der Waals surface area contributed by atoms with E-state index in [9.17, 15) is 9.59 Å². The number of cyclic esters (lactones) is 2. The van der Waals surface area contributed by atoms with E-state index in [2.05, 4.69) is 20.1 Å². The monoisotopic (exact) mass is 184 g/mol. The summed E-state index contributed by atoms with van der Waals surface area (Å²) in [5, 5.41) is 0. The van der Waals surface area contributed by atoms with Crippen LogP contribution < -0.4 is 0 Å². The first kappa shape index (κ1) is 9.39. The largest absolute Gasteiger partial charge is 0.509 e. The molecule has 1 heterocycles. The van der Waals surface area contributed by atoms with Gasteiger partial charge in [0, 0.05) is 0 Å². The van der Waals surface area contributed by atoms with Crippen LogP contribution >= 0.6 is 0 Å². The van der Waals surface area contributed by atoms with Crippen molar-refractivity contribution in [3.63, 3.8) is 0 Å². The average molecular weight is 184 g/mol. The number of ether oxygens (including phenoxy) is 3. The molecule has 0 aromatic heterocycles. The van der Waals surface area contributed by atoms with Gasteiger partial charge in [-0.15, -0.1) is 6.42 Å². The first-order chi connectivity index (χ1) is 6.15. The SMILES string of the molecule is C#CCOC(=O)C1OC(=O)OC1C. The van der Waals surface area contributed by atoms with Gasteiger partial charge in [0.05, 0.1) is 0 Å². The second kappa shape index (κ2) is 3.81. The van der Waals surface area contributed by atoms with Crippen molar-refractivity contribution >= 4 is 12.1 Å². The normalized spacial score (nSPS) is 25.7. The Balaban J connectivity index is 2.48. The number of terminal acetylenes is 1. The fraction of sp³-hybridized carbons (Fsp3) is 0.500. The number of rotatable bonds is 2. The van der Waals surface area contributed by atoms with Gasteiger partial charge in [0.15, 0.2) is 12.7 Å². The van der Waals surface area contributed by atoms with Crippen LogP contribution in [-0.4, -0.2) is 30.9 Å². The summed E-state index contributed by atoms with van der Waals surface area (Å²) in [6, 6.07) is 0. The lowest BCUT2D eigenvalue weighted by atomic mass is 10.2. The molecule has 1 aliphatic heterocycles. The third kappa shape index (κ3) is 2.12. The lowest BCUT2D eigenvalue weighted by molar-refractivity contribution is -0.151. The van der Waals surface area contributed by atoms with E-state index in [4.69, 9.17) is 6.42 Å². The van der Waals surface area contributed by atoms with Gasteiger partial charge in [-0.2, -0.15) is 0 Å². The number of esters is 1. The second-order valence-corrected chi connectivity index (χ2v) is 2.42. The number of carbonyl (C=O) groups is 2. The zero-order valence-corrected chi connectivity index (χ0v) is 6.98. The van der Waals surface area contributed by atoms with Crippen molar-refractivity contribution < 1.29 is 23.8 Å². The smallest absolute Gasteiger partial charge is 0.450 e. The first-order valence-corrected chi connectivity index (χ1v) is 3.62. The molecular formula is C8H8O5. The van der Waals surface area contributed by atoms with Crippen LogP contribution in [0.1, 0.15) is 6.92 Å². The molecule has 0 amide bonds. The van der Waals surface area contributed by atoms with Gasteiger partial charge in [-0.25, -0.2) is 9.59 Å². The molecule has 0 saturated carbocycles. The lowest BCUT2D eigenvalue weighted by Crippen LogP contribution is -2.31. The summed E-state index contributed by atoms with van der Waals surface area (Å²) >= 11 is 0. The predicted octanol–water partition coefficient (Wildman–Crippen LogP) is 0.0867. The average Bonchev–Trinajstić information content (AvgIpc) is 2.41. The van der Waals surface area contributed by atoms with Crippen molar-refractivity contribution in [3.8, 4) is 12.3 Å². The van der Waals surface area contributed by atoms with Gasteiger partial charge in [-0.1, -0.05) is 5.92 Å². The summed E-state index contributed by atoms with van der Waals surface area (Å²) in [5.74, 6) is 1.44. The molecule has 5 heteroatoms. The first-order valence-electron chi connectivity index (χ1n) is 3.62. The second-order valence-electron chi connectivity index (χ2n) is 2.42. The minimum Gasteiger partial charge on any atom is -0.450 e. The van der Waals surface area contributed by atoms with E-state index in [1.165, 1.54) is 6.92 Å². The molecule has 1 saturated heterocycles. The van der Waals surface area contributed by atoms with E-state index in [-0.39, 0.29) is 6.61 Å². The van der Waals surface area contributed by atoms with E-state index in [1.54, 1.807) is 0 Å². The van der Waals surface area contributed by atoms with Crippen molar-refractivity contribution in [3.05, 3.63) is 0 Å². The summed E-state index contributed by atoms with van der Waals surface area (Å²) in [6.07, 6.45) is 2.38. The summed E-state index contributed by atoms with van der Waals surface area (Å²) < 4.78 is 13.7. The van der Waals surface area contributed by atoms with Gasteiger partial charge in [-0.05, 0) is 6.92 Å². The third-order valence-electron chi connectivity index (χ3n) is 1.46. The number of hydrogen-bond acceptors (Lipinski definition) is 5. The Bertz CT molecular complexity index is 264. The molecule has 0 aromatic carbocycles. The van der Waals surface area contributed by atoms with Gasteiger partial charge in [0.25, 0.3) is 0 Å². The minimum atomic E-state index is -0.999. The van der Waals surface area contributed by atoms with Crippen LogP contribution in [0.5, 0.6) is 0 Å². The van der Waals surface area contributed by atoms with Crippen molar-refractivity contribution in [1.29, 1.82) is 0 Å². The van der Waals surface area contributed by atoms with Crippen LogP contribution in [-0.2, 0) is 19.0 Å². The zero-order chi connectivity index (χ0) is 9.84. The van der Waals surface area contributed by atoms with Gasteiger partial charge >= 0.3 is 12.1 Å². The molecule has 1 fully saturated rings. The maximum absolute atomic E-state index is 11.1. The fourth-order valence-electron chi connectivity index (χ4n) is 0.876. The molecule has 0 N–H and O–H groups in total. The molecule has 0 aromatic rings. The summed E-state index contributed by atoms with van der Waals surface area (Å²) in [6.45, 7) is 1.40. The molecule has 5 nitrogen and oxygen atoms in total. The van der Waals surface area contributed by atoms with Crippen LogP contribution in [0.4, 0.5) is 4.79 Å². The maximum atomic E-state index is 11.1. The van der Waals surface area contributed by atoms with E-state index >= 15 is 0 Å². The van der Waals surface area contributed by atoms with Gasteiger partial charge in [0.1, 0.15) is 0 Å². The lowest BCUT2D eigenvalue weighted by Gasteiger charge is -2.08. The van der Waals surface area contributed by atoms with Crippen LogP contribution in [0.25, 0.3) is 0 Å². The maximum Gasteiger partial charge on any atom is 0.509 e. The quantitative estimate of drug-likeness (QED) is 0.449. The van der Waals surface area contributed by atoms with Crippen LogP contribution in [0, 0.1) is 12.3 Å². The number of hydrogen-bond donors (Lipinski definition) is 0. The Morgan fingerprint density at radius 1 is 1.69 bits per heavy atom. The zero-order valence-electron chi connectivity index (χ0n) is 6.98. The highest BCUT2D eigenvalue weighted by atomic mass is 16.8. The third-order valence-corrected chi connectivity index (χ3v) is 1.46. The van der Waals surface area contributed by atoms with Crippen molar-refractivity contribution in [1.82, 2.24) is 0 Å². The fourth-order valence-corrected chi connectivity index (χ4v) is 0.876. The molecule has 0 bridgehead atoms. The molecule has 2 unspecified atom stereocenters. The van der Waals surface area contributed by atoms with Crippen LogP contribution in [0.15, 0.2) is 0 Å². The Hall–Kier alpha value is -1.70. The molecular weight excluding hydrogens is 176 g/mol. The Morgan fingerprint density at radius 2 is 2.38 bits per heavy atom. The van der Waals surface area contributed by atoms with E-state index in [0.717, 1.165) is 0 Å². The molecule has 1 rings (SSSR count). The molecule has 0 spiro atoms. The van der Waals surface area contributed by atoms with Crippen molar-refractivity contribution in [2.45, 2.75) is 19.1 Å². The highest BCUT2D eigenvalue weighted by molar-refractivity contribution is 5.80. The molecule has 13 heavy (non-hydrogen) atoms. The number of carbonyl (C=O) groups excluding carboxylic acids is 2. The standard InChI is InChI=1S/C8H8O5/c1-3-4-11-7(9)6-5(2)12-8(10)13-6/h1,5-6H,4H2,2H3. The summed E-state index contributed by atoms with van der Waals surface area (Å²) in [4.78, 5) is 21.6. The van der Waals surface area contributed by atoms with Crippen molar-refractivity contribution in [2.75, 3.05) is 6.61 Å². The minimum absolute atomic E-state index is 0.139. The highest BCUT2D eigenvalue weighted by Gasteiger charge is 2.39. The predicted molar refractivity (Wildman–Crippen MR) is 40.6 cm³/mol. The highest BCUT2D eigenvalue weighted by Crippen LogP contribution is 2.15. The van der Waals surface area contributed by atoms with E-state index < -0.39 is 24.3 Å². The Labute approximate surface area is 75.0 Å². The van der Waals surface area contributed by atoms with E-state index in [1.807, 2.05) is 0 Å². The van der Waals surface area contributed by atoms with Gasteiger partial charge in [0.2, 0.25) is 6.10 Å². The Kier molecular flexibility index (Phi) is 2.75. The molecule has 70 valence electrons. The molecule has 0 aliphatic carbocycles. The molecule has 1 aliphatic rings. The van der Waals surface area contributed by atoms with Gasteiger partial charge < -0.3 is 14.2 Å². The van der Waals surface area contributed by atoms with Crippen LogP contribution in [0.2, 0.25) is 0 Å². The molecule has 2 atom stereocenters. The summed E-state index contributed by atoms with van der Waals surface area (Å²) in [7, 11) is 0. The topological polar surface area (TPSA) is 61.8 Å². The summed E-state index contributed by atoms with van der Waals surface area (Å²) in [5.41, 5.74) is 0. The van der Waals surface area contributed by atoms with Gasteiger partial charge in [-0.3, -0.25) is 0 Å². The van der Waals surface area contributed by atoms with Crippen molar-refractivity contribution in [2.24, 2.45) is 0 Å². The Morgan fingerprint density at radius 3 is 2.85 bits per heavy atom.